The molecule has 1 atom stereocenters. The van der Waals surface area contributed by atoms with Crippen LogP contribution in [0.2, 0.25) is 0 Å². The zero-order chi connectivity index (χ0) is 13.3. The smallest absolute Gasteiger partial charge is 0.0438 e. The Hall–Kier alpha value is -1.02. The first-order valence-corrected chi connectivity index (χ1v) is 6.97. The molecular weight excluding hydrogens is 220 g/mol. The zero-order valence-electron chi connectivity index (χ0n) is 12.3. The molecule has 2 nitrogen and oxygen atoms in total. The lowest BCUT2D eigenvalue weighted by atomic mass is 9.92. The van der Waals surface area contributed by atoms with Gasteiger partial charge in [0.2, 0.25) is 0 Å². The number of nitrogens with zero attached hydrogens (tertiary/aromatic N) is 1. The summed E-state index contributed by atoms with van der Waals surface area (Å²) in [5.41, 5.74) is 2.87. The molecule has 1 aliphatic heterocycles. The summed E-state index contributed by atoms with van der Waals surface area (Å²) in [6.07, 6.45) is 0. The van der Waals surface area contributed by atoms with E-state index in [0.717, 1.165) is 13.1 Å². The van der Waals surface area contributed by atoms with Gasteiger partial charge in [0.15, 0.2) is 0 Å². The quantitative estimate of drug-likeness (QED) is 0.862. The van der Waals surface area contributed by atoms with Crippen molar-refractivity contribution in [2.75, 3.05) is 18.0 Å². The number of piperazine rings is 1. The van der Waals surface area contributed by atoms with Gasteiger partial charge < -0.3 is 10.2 Å². The van der Waals surface area contributed by atoms with Crippen molar-refractivity contribution in [1.82, 2.24) is 5.32 Å². The molecule has 0 spiro atoms. The number of anilines is 1. The molecule has 2 rings (SSSR count). The van der Waals surface area contributed by atoms with Crippen molar-refractivity contribution in [3.05, 3.63) is 29.8 Å². The van der Waals surface area contributed by atoms with Crippen LogP contribution in [-0.4, -0.2) is 24.7 Å². The topological polar surface area (TPSA) is 15.3 Å². The van der Waals surface area contributed by atoms with Gasteiger partial charge in [-0.15, -0.1) is 0 Å². The highest BCUT2D eigenvalue weighted by Gasteiger charge is 2.33. The van der Waals surface area contributed by atoms with Crippen LogP contribution in [-0.2, 0) is 0 Å². The third kappa shape index (κ3) is 2.86. The Morgan fingerprint density at radius 3 is 2.39 bits per heavy atom. The van der Waals surface area contributed by atoms with E-state index in [2.05, 4.69) is 69.1 Å². The molecule has 0 aromatic heterocycles. The van der Waals surface area contributed by atoms with Crippen LogP contribution in [0.4, 0.5) is 5.69 Å². The largest absolute Gasteiger partial charge is 0.365 e. The second-order valence-corrected chi connectivity index (χ2v) is 6.54. The molecule has 0 bridgehead atoms. The Morgan fingerprint density at radius 2 is 1.83 bits per heavy atom. The number of nitrogens with one attached hydrogen (secondary N) is 1. The normalized spacial score (nSPS) is 23.4. The van der Waals surface area contributed by atoms with E-state index in [4.69, 9.17) is 0 Å². The lowest BCUT2D eigenvalue weighted by Crippen LogP contribution is -2.63. The van der Waals surface area contributed by atoms with Gasteiger partial charge in [-0.05, 0) is 38.8 Å². The van der Waals surface area contributed by atoms with Gasteiger partial charge in [0.05, 0.1) is 0 Å². The Kier molecular flexibility index (Phi) is 3.67. The van der Waals surface area contributed by atoms with Crippen molar-refractivity contribution in [3.8, 4) is 0 Å². The summed E-state index contributed by atoms with van der Waals surface area (Å²) in [4.78, 5) is 2.57. The molecule has 1 aromatic carbocycles. The van der Waals surface area contributed by atoms with Crippen molar-refractivity contribution in [2.24, 2.45) is 5.92 Å². The number of benzene rings is 1. The minimum atomic E-state index is 0.191. The predicted octanol–water partition coefficient (Wildman–Crippen LogP) is 3.21. The van der Waals surface area contributed by atoms with Crippen molar-refractivity contribution >= 4 is 5.69 Å². The van der Waals surface area contributed by atoms with Crippen LogP contribution in [0.5, 0.6) is 0 Å². The molecule has 0 radical (unpaired) electrons. The third-order valence-corrected chi connectivity index (χ3v) is 3.89. The maximum Gasteiger partial charge on any atom is 0.0438 e. The monoisotopic (exact) mass is 246 g/mol. The first-order valence-electron chi connectivity index (χ1n) is 6.97. The lowest BCUT2D eigenvalue weighted by molar-refractivity contribution is 0.277. The predicted molar refractivity (Wildman–Crippen MR) is 79.2 cm³/mol. The van der Waals surface area contributed by atoms with Crippen molar-refractivity contribution in [3.63, 3.8) is 0 Å². The standard InChI is InChI=1S/C16H26N2/c1-12(2)15-10-17-16(4,5)11-18(15)14-8-6-13(3)7-9-14/h6-9,12,15,17H,10-11H2,1-5H3. The minimum Gasteiger partial charge on any atom is -0.365 e. The van der Waals surface area contributed by atoms with E-state index in [0.29, 0.717) is 12.0 Å². The van der Waals surface area contributed by atoms with E-state index in [-0.39, 0.29) is 5.54 Å². The van der Waals surface area contributed by atoms with Gasteiger partial charge in [-0.1, -0.05) is 31.5 Å². The van der Waals surface area contributed by atoms with Crippen molar-refractivity contribution < 1.29 is 0 Å². The third-order valence-electron chi connectivity index (χ3n) is 3.89. The summed E-state index contributed by atoms with van der Waals surface area (Å²) in [5, 5.41) is 3.66. The highest BCUT2D eigenvalue weighted by atomic mass is 15.3. The Bertz CT molecular complexity index is 392. The van der Waals surface area contributed by atoms with Gasteiger partial charge in [-0.25, -0.2) is 0 Å². The summed E-state index contributed by atoms with van der Waals surface area (Å²) in [6, 6.07) is 9.52. The Labute approximate surface area is 111 Å². The van der Waals surface area contributed by atoms with Crippen LogP contribution in [0.15, 0.2) is 24.3 Å². The molecule has 1 aromatic rings. The van der Waals surface area contributed by atoms with Crippen LogP contribution in [0.1, 0.15) is 33.3 Å². The minimum absolute atomic E-state index is 0.191. The van der Waals surface area contributed by atoms with E-state index in [9.17, 15) is 0 Å². The maximum absolute atomic E-state index is 3.66. The van der Waals surface area contributed by atoms with E-state index in [1.54, 1.807) is 0 Å². The molecule has 1 heterocycles. The summed E-state index contributed by atoms with van der Waals surface area (Å²) >= 11 is 0. The zero-order valence-corrected chi connectivity index (χ0v) is 12.3. The molecule has 1 saturated heterocycles. The van der Waals surface area contributed by atoms with Crippen LogP contribution in [0.3, 0.4) is 0 Å². The summed E-state index contributed by atoms with van der Waals surface area (Å²) in [6.45, 7) is 13.5. The summed E-state index contributed by atoms with van der Waals surface area (Å²) < 4.78 is 0. The second kappa shape index (κ2) is 4.93. The van der Waals surface area contributed by atoms with Crippen LogP contribution >= 0.6 is 0 Å². The van der Waals surface area contributed by atoms with E-state index < -0.39 is 0 Å². The van der Waals surface area contributed by atoms with Crippen LogP contribution in [0, 0.1) is 12.8 Å². The van der Waals surface area contributed by atoms with Crippen LogP contribution in [0.25, 0.3) is 0 Å². The van der Waals surface area contributed by atoms with Crippen molar-refractivity contribution in [1.29, 1.82) is 0 Å². The van der Waals surface area contributed by atoms with E-state index in [1.807, 2.05) is 0 Å². The second-order valence-electron chi connectivity index (χ2n) is 6.54. The molecule has 100 valence electrons. The van der Waals surface area contributed by atoms with Gasteiger partial charge in [0.25, 0.3) is 0 Å². The highest BCUT2D eigenvalue weighted by Crippen LogP contribution is 2.27. The molecule has 1 N–H and O–H groups in total. The van der Waals surface area contributed by atoms with Gasteiger partial charge in [0.1, 0.15) is 0 Å². The van der Waals surface area contributed by atoms with Gasteiger partial charge >= 0.3 is 0 Å². The maximum atomic E-state index is 3.66. The number of rotatable bonds is 2. The van der Waals surface area contributed by atoms with E-state index in [1.165, 1.54) is 11.3 Å². The fourth-order valence-electron chi connectivity index (χ4n) is 2.70. The molecule has 1 unspecified atom stereocenters. The first-order chi connectivity index (χ1) is 8.39. The average Bonchev–Trinajstić information content (AvgIpc) is 2.28. The molecule has 2 heteroatoms. The van der Waals surface area contributed by atoms with E-state index >= 15 is 0 Å². The first kappa shape index (κ1) is 13.4. The molecule has 18 heavy (non-hydrogen) atoms. The van der Waals surface area contributed by atoms with Gasteiger partial charge in [0, 0.05) is 30.4 Å². The molecule has 0 aliphatic carbocycles. The van der Waals surface area contributed by atoms with Gasteiger partial charge in [-0.3, -0.25) is 0 Å². The van der Waals surface area contributed by atoms with Crippen LogP contribution < -0.4 is 10.2 Å². The molecule has 1 aliphatic rings. The number of aryl methyl sites for hydroxylation is 1. The summed E-state index contributed by atoms with van der Waals surface area (Å²) in [7, 11) is 0. The molecule has 0 saturated carbocycles. The molecule has 0 amide bonds. The Morgan fingerprint density at radius 1 is 1.22 bits per heavy atom. The average molecular weight is 246 g/mol. The SMILES string of the molecule is Cc1ccc(N2CC(C)(C)NCC2C(C)C)cc1. The summed E-state index contributed by atoms with van der Waals surface area (Å²) in [5.74, 6) is 0.662. The van der Waals surface area contributed by atoms with Crippen molar-refractivity contribution in [2.45, 2.75) is 46.2 Å². The fourth-order valence-corrected chi connectivity index (χ4v) is 2.70. The molecular formula is C16H26N2. The molecule has 1 fully saturated rings. The van der Waals surface area contributed by atoms with Gasteiger partial charge in [-0.2, -0.15) is 0 Å². The number of hydrogen-bond donors (Lipinski definition) is 1. The fraction of sp³-hybridized carbons (Fsp3) is 0.625. The highest BCUT2D eigenvalue weighted by molar-refractivity contribution is 5.50. The Balaban J connectivity index is 2.27. The number of hydrogen-bond acceptors (Lipinski definition) is 2. The lowest BCUT2D eigenvalue weighted by Gasteiger charge is -2.47.